The molecule has 1 fully saturated rings. The third-order valence-electron chi connectivity index (χ3n) is 6.86. The molecule has 0 saturated carbocycles. The van der Waals surface area contributed by atoms with Gasteiger partial charge in [-0.25, -0.2) is 4.68 Å². The summed E-state index contributed by atoms with van der Waals surface area (Å²) in [4.78, 5) is 29.9. The van der Waals surface area contributed by atoms with Crippen LogP contribution in [0.3, 0.4) is 0 Å². The number of anilines is 1. The molecular weight excluding hydrogens is 412 g/mol. The van der Waals surface area contributed by atoms with E-state index in [-0.39, 0.29) is 17.7 Å². The average Bonchev–Trinajstić information content (AvgIpc) is 3.16. The zero-order valence-corrected chi connectivity index (χ0v) is 19.5. The lowest BCUT2D eigenvalue weighted by Gasteiger charge is -2.41. The maximum absolute atomic E-state index is 13.2. The fraction of sp³-hybridized carbons (Fsp3) is 0.370. The lowest BCUT2D eigenvalue weighted by atomic mass is 9.94. The van der Waals surface area contributed by atoms with Gasteiger partial charge in [0.05, 0.1) is 22.6 Å². The molecule has 6 nitrogen and oxygen atoms in total. The van der Waals surface area contributed by atoms with Crippen LogP contribution < -0.4 is 4.90 Å². The normalized spacial score (nSPS) is 18.4. The minimum Gasteiger partial charge on any atom is -0.365 e. The van der Waals surface area contributed by atoms with E-state index in [1.54, 1.807) is 0 Å². The molecule has 3 aromatic rings. The fourth-order valence-corrected chi connectivity index (χ4v) is 5.18. The van der Waals surface area contributed by atoms with E-state index < -0.39 is 0 Å². The predicted molar refractivity (Wildman–Crippen MR) is 129 cm³/mol. The van der Waals surface area contributed by atoms with Crippen molar-refractivity contribution >= 4 is 17.4 Å². The standard InChI is InChI=1S/C27H30N4O2/c1-18-6-4-7-23(16-18)30-15-14-29(17-19(30)2)27(33)21-10-12-22(13-11-21)31-24-8-5-9-25(32)26(24)20(3)28-31/h4,6-7,10-13,16,19H,5,8-9,14-15,17H2,1-3H3/t19-/m1/s1. The number of hydrogen-bond acceptors (Lipinski definition) is 4. The Morgan fingerprint density at radius 2 is 1.79 bits per heavy atom. The highest BCUT2D eigenvalue weighted by molar-refractivity contribution is 5.99. The van der Waals surface area contributed by atoms with Gasteiger partial charge in [0.15, 0.2) is 5.78 Å². The number of ketones is 1. The fourth-order valence-electron chi connectivity index (χ4n) is 5.18. The van der Waals surface area contributed by atoms with Gasteiger partial charge in [-0.05, 0) is 75.6 Å². The van der Waals surface area contributed by atoms with E-state index in [1.807, 2.05) is 40.8 Å². The summed E-state index contributed by atoms with van der Waals surface area (Å²) in [6.07, 6.45) is 2.31. The van der Waals surface area contributed by atoms with Crippen molar-refractivity contribution in [2.24, 2.45) is 0 Å². The molecule has 2 heterocycles. The van der Waals surface area contributed by atoms with Crippen LogP contribution in [0.25, 0.3) is 5.69 Å². The predicted octanol–water partition coefficient (Wildman–Crippen LogP) is 4.36. The number of rotatable bonds is 3. The number of hydrogen-bond donors (Lipinski definition) is 0. The second-order valence-corrected chi connectivity index (χ2v) is 9.28. The Balaban J connectivity index is 1.31. The van der Waals surface area contributed by atoms with Gasteiger partial charge >= 0.3 is 0 Å². The maximum atomic E-state index is 13.2. The summed E-state index contributed by atoms with van der Waals surface area (Å²) in [5.41, 5.74) is 6.60. The van der Waals surface area contributed by atoms with Gasteiger partial charge < -0.3 is 9.80 Å². The highest BCUT2D eigenvalue weighted by Crippen LogP contribution is 2.27. The van der Waals surface area contributed by atoms with E-state index in [0.29, 0.717) is 25.1 Å². The molecule has 2 aromatic carbocycles. The summed E-state index contributed by atoms with van der Waals surface area (Å²) in [6, 6.07) is 16.4. The zero-order chi connectivity index (χ0) is 23.1. The van der Waals surface area contributed by atoms with Gasteiger partial charge in [-0.1, -0.05) is 12.1 Å². The van der Waals surface area contributed by atoms with Crippen molar-refractivity contribution in [3.8, 4) is 5.69 Å². The summed E-state index contributed by atoms with van der Waals surface area (Å²) in [5, 5.41) is 4.63. The second-order valence-electron chi connectivity index (χ2n) is 9.28. The van der Waals surface area contributed by atoms with Gasteiger partial charge in [0.2, 0.25) is 0 Å². The number of carbonyl (C=O) groups is 2. The molecule has 0 radical (unpaired) electrons. The van der Waals surface area contributed by atoms with Crippen molar-refractivity contribution in [1.82, 2.24) is 14.7 Å². The molecule has 0 N–H and O–H groups in total. The first kappa shape index (κ1) is 21.4. The molecule has 6 heteroatoms. The minimum atomic E-state index is 0.0612. The smallest absolute Gasteiger partial charge is 0.253 e. The number of nitrogens with zero attached hydrogens (tertiary/aromatic N) is 4. The van der Waals surface area contributed by atoms with Crippen LogP contribution in [-0.4, -0.2) is 52.0 Å². The molecule has 1 atom stereocenters. The van der Waals surface area contributed by atoms with Gasteiger partial charge in [0.1, 0.15) is 0 Å². The quantitative estimate of drug-likeness (QED) is 0.605. The summed E-state index contributed by atoms with van der Waals surface area (Å²) in [5.74, 6) is 0.247. The topological polar surface area (TPSA) is 58.4 Å². The number of aromatic nitrogens is 2. The third kappa shape index (κ3) is 3.94. The highest BCUT2D eigenvalue weighted by Gasteiger charge is 2.28. The Labute approximate surface area is 194 Å². The van der Waals surface area contributed by atoms with Gasteiger partial charge in [0, 0.05) is 43.3 Å². The summed E-state index contributed by atoms with van der Waals surface area (Å²) in [7, 11) is 0. The van der Waals surface area contributed by atoms with Crippen LogP contribution in [0.2, 0.25) is 0 Å². The van der Waals surface area contributed by atoms with Crippen molar-refractivity contribution in [1.29, 1.82) is 0 Å². The number of aryl methyl sites for hydroxylation is 2. The SMILES string of the molecule is Cc1cccc(N2CCN(C(=O)c3ccc(-n4nc(C)c5c4CCCC5=O)cc3)C[C@H]2C)c1. The number of carbonyl (C=O) groups excluding carboxylic acids is 2. The first-order chi connectivity index (χ1) is 15.9. The third-order valence-corrected chi connectivity index (χ3v) is 6.86. The summed E-state index contributed by atoms with van der Waals surface area (Å²) < 4.78 is 1.87. The van der Waals surface area contributed by atoms with Crippen LogP contribution in [0, 0.1) is 13.8 Å². The second kappa shape index (κ2) is 8.50. The Kier molecular flexibility index (Phi) is 5.52. The van der Waals surface area contributed by atoms with Crippen LogP contribution in [0.15, 0.2) is 48.5 Å². The summed E-state index contributed by atoms with van der Waals surface area (Å²) >= 11 is 0. The van der Waals surface area contributed by atoms with Crippen LogP contribution in [0.1, 0.15) is 57.4 Å². The number of Topliss-reactive ketones (excluding diaryl/α,β-unsaturated/α-hetero) is 1. The van der Waals surface area contributed by atoms with Crippen LogP contribution in [-0.2, 0) is 6.42 Å². The molecular formula is C27H30N4O2. The zero-order valence-electron chi connectivity index (χ0n) is 19.5. The van der Waals surface area contributed by atoms with E-state index in [1.165, 1.54) is 11.3 Å². The average molecular weight is 443 g/mol. The molecule has 1 aliphatic heterocycles. The van der Waals surface area contributed by atoms with Crippen molar-refractivity contribution in [2.75, 3.05) is 24.5 Å². The van der Waals surface area contributed by atoms with Crippen LogP contribution in [0.5, 0.6) is 0 Å². The van der Waals surface area contributed by atoms with Gasteiger partial charge in [-0.15, -0.1) is 0 Å². The monoisotopic (exact) mass is 442 g/mol. The van der Waals surface area contributed by atoms with Crippen molar-refractivity contribution in [3.05, 3.63) is 76.6 Å². The number of piperazine rings is 1. The number of fused-ring (bicyclic) bond motifs is 1. The first-order valence-corrected chi connectivity index (χ1v) is 11.8. The molecule has 1 aromatic heterocycles. The largest absolute Gasteiger partial charge is 0.365 e. The molecule has 2 aliphatic rings. The molecule has 33 heavy (non-hydrogen) atoms. The Morgan fingerprint density at radius 1 is 1.00 bits per heavy atom. The molecule has 0 bridgehead atoms. The van der Waals surface area contributed by atoms with E-state index in [4.69, 9.17) is 0 Å². The number of amides is 1. The van der Waals surface area contributed by atoms with E-state index in [9.17, 15) is 9.59 Å². The van der Waals surface area contributed by atoms with Gasteiger partial charge in [0.25, 0.3) is 5.91 Å². The molecule has 1 saturated heterocycles. The van der Waals surface area contributed by atoms with E-state index >= 15 is 0 Å². The van der Waals surface area contributed by atoms with Gasteiger partial charge in [-0.2, -0.15) is 5.10 Å². The van der Waals surface area contributed by atoms with Crippen LogP contribution in [0.4, 0.5) is 5.69 Å². The van der Waals surface area contributed by atoms with E-state index in [0.717, 1.165) is 42.0 Å². The highest BCUT2D eigenvalue weighted by atomic mass is 16.2. The Bertz CT molecular complexity index is 1210. The molecule has 5 rings (SSSR count). The Morgan fingerprint density at radius 3 is 2.52 bits per heavy atom. The van der Waals surface area contributed by atoms with E-state index in [2.05, 4.69) is 48.1 Å². The molecule has 1 amide bonds. The lowest BCUT2D eigenvalue weighted by Crippen LogP contribution is -2.53. The number of benzene rings is 2. The molecule has 0 unspecified atom stereocenters. The van der Waals surface area contributed by atoms with Crippen molar-refractivity contribution in [3.63, 3.8) is 0 Å². The minimum absolute atomic E-state index is 0.0612. The van der Waals surface area contributed by atoms with Gasteiger partial charge in [-0.3, -0.25) is 9.59 Å². The maximum Gasteiger partial charge on any atom is 0.253 e. The van der Waals surface area contributed by atoms with Crippen LogP contribution >= 0.6 is 0 Å². The molecule has 1 aliphatic carbocycles. The van der Waals surface area contributed by atoms with Crippen molar-refractivity contribution < 1.29 is 9.59 Å². The first-order valence-electron chi connectivity index (χ1n) is 11.8. The lowest BCUT2D eigenvalue weighted by molar-refractivity contribution is 0.0726. The molecule has 170 valence electrons. The van der Waals surface area contributed by atoms with Crippen molar-refractivity contribution in [2.45, 2.75) is 46.1 Å². The Hall–Kier alpha value is -3.41. The summed E-state index contributed by atoms with van der Waals surface area (Å²) in [6.45, 7) is 8.40. The molecule has 0 spiro atoms.